The Bertz CT molecular complexity index is 861. The number of anilines is 1. The zero-order valence-electron chi connectivity index (χ0n) is 15.6. The van der Waals surface area contributed by atoms with E-state index >= 15 is 0 Å². The van der Waals surface area contributed by atoms with Crippen LogP contribution in [0.2, 0.25) is 0 Å². The van der Waals surface area contributed by atoms with Crippen molar-refractivity contribution in [2.45, 2.75) is 45.4 Å². The Morgan fingerprint density at radius 2 is 2.07 bits per heavy atom. The van der Waals surface area contributed by atoms with Crippen molar-refractivity contribution in [1.29, 1.82) is 0 Å². The van der Waals surface area contributed by atoms with Crippen molar-refractivity contribution in [3.8, 4) is 0 Å². The first kappa shape index (κ1) is 17.6. The summed E-state index contributed by atoms with van der Waals surface area (Å²) >= 11 is 0. The van der Waals surface area contributed by atoms with Crippen molar-refractivity contribution < 1.29 is 9.59 Å². The Morgan fingerprint density at radius 1 is 1.30 bits per heavy atom. The van der Waals surface area contributed by atoms with Gasteiger partial charge in [-0.2, -0.15) is 24.9 Å². The molecule has 142 valence electrons. The fraction of sp³-hybridized carbons (Fsp3) is 0.556. The van der Waals surface area contributed by atoms with Gasteiger partial charge in [0.25, 0.3) is 11.9 Å². The third kappa shape index (κ3) is 3.54. The van der Waals surface area contributed by atoms with Crippen molar-refractivity contribution >= 4 is 35.6 Å². The molecule has 3 aliphatic rings. The van der Waals surface area contributed by atoms with E-state index in [9.17, 15) is 9.59 Å². The molecule has 2 aliphatic heterocycles. The second-order valence-corrected chi connectivity index (χ2v) is 7.31. The maximum Gasteiger partial charge on any atom is 0.265 e. The van der Waals surface area contributed by atoms with Crippen molar-refractivity contribution in [2.75, 3.05) is 12.4 Å². The molecule has 1 aromatic rings. The molecule has 1 fully saturated rings. The Hall–Kier alpha value is -2.84. The summed E-state index contributed by atoms with van der Waals surface area (Å²) in [6.07, 6.45) is 7.89. The van der Waals surface area contributed by atoms with E-state index < -0.39 is 5.92 Å². The topological polar surface area (TPSA) is 104 Å². The van der Waals surface area contributed by atoms with E-state index in [-0.39, 0.29) is 17.8 Å². The van der Waals surface area contributed by atoms with E-state index in [2.05, 4.69) is 25.5 Å². The third-order valence-electron chi connectivity index (χ3n) is 5.23. The maximum atomic E-state index is 12.4. The number of aryl methyl sites for hydroxylation is 1. The van der Waals surface area contributed by atoms with Crippen molar-refractivity contribution in [3.05, 3.63) is 11.8 Å². The molecule has 0 radical (unpaired) electrons. The molecule has 1 atom stereocenters. The highest BCUT2D eigenvalue weighted by molar-refractivity contribution is 6.24. The lowest BCUT2D eigenvalue weighted by molar-refractivity contribution is -0.118. The molecular formula is C18H23N7O2. The number of amides is 2. The van der Waals surface area contributed by atoms with E-state index in [4.69, 9.17) is 0 Å². The van der Waals surface area contributed by atoms with Crippen LogP contribution >= 0.6 is 0 Å². The van der Waals surface area contributed by atoms with Gasteiger partial charge >= 0.3 is 0 Å². The monoisotopic (exact) mass is 369 g/mol. The van der Waals surface area contributed by atoms with Gasteiger partial charge in [0.2, 0.25) is 5.91 Å². The quantitative estimate of drug-likeness (QED) is 0.873. The average molecular weight is 369 g/mol. The van der Waals surface area contributed by atoms with Gasteiger partial charge in [0.15, 0.2) is 0 Å². The Morgan fingerprint density at radius 3 is 2.85 bits per heavy atom. The minimum Gasteiger partial charge on any atom is -0.310 e. The lowest BCUT2D eigenvalue weighted by Gasteiger charge is -2.17. The first-order chi connectivity index (χ1) is 13.0. The third-order valence-corrected chi connectivity index (χ3v) is 5.23. The summed E-state index contributed by atoms with van der Waals surface area (Å²) < 4.78 is 1.41. The molecular weight excluding hydrogens is 346 g/mol. The van der Waals surface area contributed by atoms with Crippen LogP contribution in [0.1, 0.15) is 44.2 Å². The molecule has 9 nitrogen and oxygen atoms in total. The Balaban J connectivity index is 1.50. The highest BCUT2D eigenvalue weighted by atomic mass is 16.2. The zero-order valence-corrected chi connectivity index (χ0v) is 15.6. The number of hydrogen-bond acceptors (Lipinski definition) is 6. The number of aromatic nitrogens is 2. The molecule has 3 heterocycles. The van der Waals surface area contributed by atoms with E-state index in [1.807, 2.05) is 6.92 Å². The van der Waals surface area contributed by atoms with Gasteiger partial charge in [0, 0.05) is 25.7 Å². The van der Waals surface area contributed by atoms with E-state index in [0.29, 0.717) is 29.7 Å². The van der Waals surface area contributed by atoms with Gasteiger partial charge in [-0.3, -0.25) is 14.6 Å². The summed E-state index contributed by atoms with van der Waals surface area (Å²) in [6, 6.07) is 1.75. The predicted molar refractivity (Wildman–Crippen MR) is 102 cm³/mol. The first-order valence-electron chi connectivity index (χ1n) is 9.37. The van der Waals surface area contributed by atoms with Crippen LogP contribution in [-0.2, 0) is 9.59 Å². The molecule has 1 aliphatic carbocycles. The molecule has 1 unspecified atom stereocenters. The highest BCUT2D eigenvalue weighted by Crippen LogP contribution is 2.28. The molecule has 2 amide bonds. The largest absolute Gasteiger partial charge is 0.310 e. The first-order valence-corrected chi connectivity index (χ1v) is 9.37. The molecule has 0 saturated heterocycles. The molecule has 4 rings (SSSR count). The van der Waals surface area contributed by atoms with E-state index in [1.165, 1.54) is 36.6 Å². The number of nitrogens with zero attached hydrogens (tertiary/aromatic N) is 6. The summed E-state index contributed by atoms with van der Waals surface area (Å²) in [5, 5.41) is 12.9. The maximum absolute atomic E-state index is 12.4. The standard InChI is InChI=1S/C18H23N7O2/c1-11-9-14(20-15(26)8-7-12-5-3-4-6-12)25(23-11)18-21-16-13(17(27)22-18)10-19-24(16)2/h9-10,12-13H,3-8H2,1-2H3,(H,20,26). The number of rotatable bonds is 4. The minimum absolute atomic E-state index is 0.0577. The summed E-state index contributed by atoms with van der Waals surface area (Å²) in [7, 11) is 1.73. The second kappa shape index (κ2) is 7.05. The van der Waals surface area contributed by atoms with Crippen LogP contribution in [0.5, 0.6) is 0 Å². The number of carbonyl (C=O) groups excluding carboxylic acids is 2. The number of aliphatic imine (C=N–C) groups is 2. The minimum atomic E-state index is -0.542. The molecule has 0 spiro atoms. The van der Waals surface area contributed by atoms with Crippen LogP contribution in [0.25, 0.3) is 0 Å². The van der Waals surface area contributed by atoms with Gasteiger partial charge in [-0.05, 0) is 19.3 Å². The number of hydrogen-bond donors (Lipinski definition) is 1. The molecule has 0 aromatic carbocycles. The number of hydrazone groups is 1. The normalized spacial score (nSPS) is 22.1. The summed E-state index contributed by atoms with van der Waals surface area (Å²) in [4.78, 5) is 33.1. The lowest BCUT2D eigenvalue weighted by atomic mass is 10.0. The Labute approximate surface area is 157 Å². The van der Waals surface area contributed by atoms with Crippen LogP contribution in [-0.4, -0.2) is 51.7 Å². The average Bonchev–Trinajstić information content (AvgIpc) is 3.35. The van der Waals surface area contributed by atoms with E-state index in [0.717, 1.165) is 6.42 Å². The smallest absolute Gasteiger partial charge is 0.265 e. The summed E-state index contributed by atoms with van der Waals surface area (Å²) in [5.41, 5.74) is 0.703. The molecule has 9 heteroatoms. The molecule has 1 N–H and O–H groups in total. The molecule has 0 bridgehead atoms. The van der Waals surface area contributed by atoms with Gasteiger partial charge in [0.1, 0.15) is 17.6 Å². The number of carbonyl (C=O) groups is 2. The summed E-state index contributed by atoms with van der Waals surface area (Å²) in [5.74, 6) is 0.843. The molecule has 1 aromatic heterocycles. The van der Waals surface area contributed by atoms with Crippen molar-refractivity contribution in [2.24, 2.45) is 26.9 Å². The fourth-order valence-corrected chi connectivity index (χ4v) is 3.78. The lowest BCUT2D eigenvalue weighted by Crippen LogP contribution is -2.35. The van der Waals surface area contributed by atoms with Crippen molar-refractivity contribution in [3.63, 3.8) is 0 Å². The van der Waals surface area contributed by atoms with E-state index in [1.54, 1.807) is 18.1 Å². The second-order valence-electron chi connectivity index (χ2n) is 7.31. The van der Waals surface area contributed by atoms with Crippen LogP contribution in [0.4, 0.5) is 5.82 Å². The predicted octanol–water partition coefficient (Wildman–Crippen LogP) is 1.79. The molecule has 27 heavy (non-hydrogen) atoms. The van der Waals surface area contributed by atoms with Gasteiger partial charge in [-0.15, -0.1) is 0 Å². The fourth-order valence-electron chi connectivity index (χ4n) is 3.78. The van der Waals surface area contributed by atoms with Gasteiger partial charge in [0.05, 0.1) is 5.69 Å². The van der Waals surface area contributed by atoms with Gasteiger partial charge in [-0.25, -0.2) is 0 Å². The van der Waals surface area contributed by atoms with Crippen LogP contribution in [0.3, 0.4) is 0 Å². The number of nitrogens with one attached hydrogen (secondary N) is 1. The SMILES string of the molecule is Cc1cc(NC(=O)CCC2CCCC2)n(C2=NC(=O)C3C=NN(C)C3=N2)n1. The zero-order chi connectivity index (χ0) is 19.0. The van der Waals surface area contributed by atoms with Gasteiger partial charge < -0.3 is 5.32 Å². The molecule has 1 saturated carbocycles. The van der Waals surface area contributed by atoms with Crippen LogP contribution in [0.15, 0.2) is 21.2 Å². The van der Waals surface area contributed by atoms with Gasteiger partial charge in [-0.1, -0.05) is 25.7 Å². The highest BCUT2D eigenvalue weighted by Gasteiger charge is 2.35. The van der Waals surface area contributed by atoms with Crippen LogP contribution < -0.4 is 5.32 Å². The van der Waals surface area contributed by atoms with Crippen LogP contribution in [0, 0.1) is 18.8 Å². The number of fused-ring (bicyclic) bond motifs is 1. The summed E-state index contributed by atoms with van der Waals surface area (Å²) in [6.45, 7) is 1.82. The van der Waals surface area contributed by atoms with Crippen molar-refractivity contribution in [1.82, 2.24) is 14.8 Å². The number of amidine groups is 1. The Kier molecular flexibility index (Phi) is 4.59.